The number of hydrogen-bond acceptors (Lipinski definition) is 3. The fourth-order valence-electron chi connectivity index (χ4n) is 1.82. The number of carbonyl (C=O) groups is 1. The first-order valence-corrected chi connectivity index (χ1v) is 5.20. The summed E-state index contributed by atoms with van der Waals surface area (Å²) in [5.41, 5.74) is 0. The summed E-state index contributed by atoms with van der Waals surface area (Å²) in [6.45, 7) is 3.77. The Morgan fingerprint density at radius 3 is 2.88 bits per heavy atom. The topological polar surface area (TPSA) is 54.0 Å². The second kappa shape index (κ2) is 5.82. The molecule has 0 aromatic carbocycles. The van der Waals surface area contributed by atoms with E-state index >= 15 is 0 Å². The highest BCUT2D eigenvalue weighted by atomic mass is 35.5. The normalized spacial score (nSPS) is 23.6. The Kier molecular flexibility index (Phi) is 4.71. The quantitative estimate of drug-likeness (QED) is 0.821. The van der Waals surface area contributed by atoms with Crippen LogP contribution in [0.15, 0.2) is 24.4 Å². The Hall–Kier alpha value is -1.13. The molecule has 0 bridgehead atoms. The number of halogens is 1. The van der Waals surface area contributed by atoms with Gasteiger partial charge in [0.15, 0.2) is 0 Å². The zero-order valence-electron chi connectivity index (χ0n) is 9.14. The van der Waals surface area contributed by atoms with Crippen molar-refractivity contribution < 1.29 is 4.79 Å². The van der Waals surface area contributed by atoms with Crippen LogP contribution in [-0.2, 0) is 4.79 Å². The van der Waals surface area contributed by atoms with E-state index in [2.05, 4.69) is 22.5 Å². The zero-order valence-corrected chi connectivity index (χ0v) is 9.96. The van der Waals surface area contributed by atoms with E-state index in [1.807, 2.05) is 12.1 Å². The van der Waals surface area contributed by atoms with Gasteiger partial charge < -0.3 is 10.6 Å². The van der Waals surface area contributed by atoms with Gasteiger partial charge in [0.05, 0.1) is 5.92 Å². The molecule has 0 radical (unpaired) electrons. The Morgan fingerprint density at radius 1 is 1.50 bits per heavy atom. The van der Waals surface area contributed by atoms with Gasteiger partial charge in [0, 0.05) is 12.7 Å². The summed E-state index contributed by atoms with van der Waals surface area (Å²) in [6.07, 6.45) is 1.67. The van der Waals surface area contributed by atoms with Crippen LogP contribution in [0.1, 0.15) is 6.92 Å². The van der Waals surface area contributed by atoms with Crippen LogP contribution < -0.4 is 10.6 Å². The summed E-state index contributed by atoms with van der Waals surface area (Å²) in [7, 11) is 0. The lowest BCUT2D eigenvalue weighted by Crippen LogP contribution is -2.28. The molecule has 2 rings (SSSR count). The molecular formula is C11H16ClN3O. The smallest absolute Gasteiger partial charge is 0.230 e. The standard InChI is InChI=1S/C11H15N3O.ClH/c1-8-6-12-7-9(8)11(15)14-10-4-2-3-5-13-10;/h2-5,8-9,12H,6-7H2,1H3,(H,13,14,15);1H/t8-,9-;/m1./s1. The van der Waals surface area contributed by atoms with Crippen molar-refractivity contribution in [3.05, 3.63) is 24.4 Å². The van der Waals surface area contributed by atoms with Gasteiger partial charge in [-0.25, -0.2) is 4.98 Å². The second-order valence-corrected chi connectivity index (χ2v) is 3.95. The van der Waals surface area contributed by atoms with Gasteiger partial charge in [-0.15, -0.1) is 12.4 Å². The van der Waals surface area contributed by atoms with Crippen molar-refractivity contribution >= 4 is 24.1 Å². The van der Waals surface area contributed by atoms with Gasteiger partial charge in [-0.2, -0.15) is 0 Å². The molecule has 2 atom stereocenters. The molecule has 1 aliphatic heterocycles. The van der Waals surface area contributed by atoms with E-state index in [4.69, 9.17) is 0 Å². The van der Waals surface area contributed by atoms with Gasteiger partial charge in [0.1, 0.15) is 5.82 Å². The van der Waals surface area contributed by atoms with E-state index in [9.17, 15) is 4.79 Å². The monoisotopic (exact) mass is 241 g/mol. The lowest BCUT2D eigenvalue weighted by Gasteiger charge is -2.13. The highest BCUT2D eigenvalue weighted by Crippen LogP contribution is 2.17. The van der Waals surface area contributed by atoms with E-state index in [-0.39, 0.29) is 24.2 Å². The number of aromatic nitrogens is 1. The highest BCUT2D eigenvalue weighted by Gasteiger charge is 2.29. The number of nitrogens with one attached hydrogen (secondary N) is 2. The maximum atomic E-state index is 11.8. The molecule has 0 saturated carbocycles. The number of pyridine rings is 1. The molecule has 0 unspecified atom stereocenters. The molecule has 1 saturated heterocycles. The average Bonchev–Trinajstić information content (AvgIpc) is 2.66. The van der Waals surface area contributed by atoms with Crippen LogP contribution in [0.2, 0.25) is 0 Å². The largest absolute Gasteiger partial charge is 0.316 e. The zero-order chi connectivity index (χ0) is 10.7. The van der Waals surface area contributed by atoms with E-state index < -0.39 is 0 Å². The van der Waals surface area contributed by atoms with Crippen molar-refractivity contribution in [1.82, 2.24) is 10.3 Å². The molecule has 1 aromatic heterocycles. The molecule has 88 valence electrons. The van der Waals surface area contributed by atoms with Crippen molar-refractivity contribution in [2.24, 2.45) is 11.8 Å². The number of rotatable bonds is 2. The van der Waals surface area contributed by atoms with Crippen molar-refractivity contribution in [1.29, 1.82) is 0 Å². The minimum absolute atomic E-state index is 0. The van der Waals surface area contributed by atoms with Gasteiger partial charge in [0.25, 0.3) is 0 Å². The fourth-order valence-corrected chi connectivity index (χ4v) is 1.82. The molecule has 5 heteroatoms. The van der Waals surface area contributed by atoms with E-state index in [1.165, 1.54) is 0 Å². The molecule has 1 amide bonds. The Balaban J connectivity index is 0.00000128. The van der Waals surface area contributed by atoms with Crippen molar-refractivity contribution in [3.8, 4) is 0 Å². The van der Waals surface area contributed by atoms with Gasteiger partial charge >= 0.3 is 0 Å². The van der Waals surface area contributed by atoms with Crippen molar-refractivity contribution in [2.45, 2.75) is 6.92 Å². The molecular weight excluding hydrogens is 226 g/mol. The molecule has 4 nitrogen and oxygen atoms in total. The number of hydrogen-bond donors (Lipinski definition) is 2. The average molecular weight is 242 g/mol. The van der Waals surface area contributed by atoms with Crippen LogP contribution in [0, 0.1) is 11.8 Å². The maximum absolute atomic E-state index is 11.8. The summed E-state index contributed by atoms with van der Waals surface area (Å²) in [5.74, 6) is 1.15. The van der Waals surface area contributed by atoms with E-state index in [0.717, 1.165) is 13.1 Å². The number of amides is 1. The van der Waals surface area contributed by atoms with Crippen LogP contribution in [0.5, 0.6) is 0 Å². The predicted octanol–water partition coefficient (Wildman–Crippen LogP) is 1.30. The molecule has 1 fully saturated rings. The number of nitrogens with zero attached hydrogens (tertiary/aromatic N) is 1. The van der Waals surface area contributed by atoms with Crippen molar-refractivity contribution in [2.75, 3.05) is 18.4 Å². The van der Waals surface area contributed by atoms with E-state index in [1.54, 1.807) is 12.3 Å². The highest BCUT2D eigenvalue weighted by molar-refractivity contribution is 5.92. The van der Waals surface area contributed by atoms with Gasteiger partial charge in [-0.3, -0.25) is 4.79 Å². The van der Waals surface area contributed by atoms with Crippen molar-refractivity contribution in [3.63, 3.8) is 0 Å². The fraction of sp³-hybridized carbons (Fsp3) is 0.455. The van der Waals surface area contributed by atoms with Crippen LogP contribution in [0.4, 0.5) is 5.82 Å². The van der Waals surface area contributed by atoms with E-state index in [0.29, 0.717) is 11.7 Å². The van der Waals surface area contributed by atoms with Gasteiger partial charge in [-0.1, -0.05) is 13.0 Å². The SMILES string of the molecule is C[C@@H]1CNC[C@H]1C(=O)Nc1ccccn1.Cl. The first-order valence-electron chi connectivity index (χ1n) is 5.20. The van der Waals surface area contributed by atoms with Crippen LogP contribution >= 0.6 is 12.4 Å². The molecule has 0 spiro atoms. The van der Waals surface area contributed by atoms with Crippen LogP contribution in [0.25, 0.3) is 0 Å². The van der Waals surface area contributed by atoms with Crippen LogP contribution in [-0.4, -0.2) is 24.0 Å². The number of anilines is 1. The second-order valence-electron chi connectivity index (χ2n) is 3.95. The minimum Gasteiger partial charge on any atom is -0.316 e. The minimum atomic E-state index is 0. The summed E-state index contributed by atoms with van der Waals surface area (Å²) in [5, 5.41) is 6.03. The first kappa shape index (κ1) is 12.9. The Morgan fingerprint density at radius 2 is 2.31 bits per heavy atom. The molecule has 1 aliphatic rings. The molecule has 1 aromatic rings. The Labute approximate surface area is 101 Å². The molecule has 16 heavy (non-hydrogen) atoms. The maximum Gasteiger partial charge on any atom is 0.230 e. The third-order valence-corrected chi connectivity index (χ3v) is 2.77. The van der Waals surface area contributed by atoms with Gasteiger partial charge in [0.2, 0.25) is 5.91 Å². The third kappa shape index (κ3) is 2.93. The summed E-state index contributed by atoms with van der Waals surface area (Å²) in [6, 6.07) is 5.49. The summed E-state index contributed by atoms with van der Waals surface area (Å²) < 4.78 is 0. The third-order valence-electron chi connectivity index (χ3n) is 2.77. The molecule has 0 aliphatic carbocycles. The predicted molar refractivity (Wildman–Crippen MR) is 65.6 cm³/mol. The first-order chi connectivity index (χ1) is 7.27. The number of carbonyl (C=O) groups excluding carboxylic acids is 1. The lowest BCUT2D eigenvalue weighted by molar-refractivity contribution is -0.120. The lowest BCUT2D eigenvalue weighted by atomic mass is 9.97. The molecule has 2 heterocycles. The summed E-state index contributed by atoms with van der Waals surface area (Å²) >= 11 is 0. The molecule has 2 N–H and O–H groups in total. The Bertz CT molecular complexity index is 344. The van der Waals surface area contributed by atoms with Gasteiger partial charge in [-0.05, 0) is 24.6 Å². The summed E-state index contributed by atoms with van der Waals surface area (Å²) in [4.78, 5) is 15.9. The van der Waals surface area contributed by atoms with Crippen LogP contribution in [0.3, 0.4) is 0 Å².